The van der Waals surface area contributed by atoms with Crippen molar-refractivity contribution in [2.75, 3.05) is 13.1 Å². The molecular formula is C17H24F2N2O2. The molecule has 1 aliphatic heterocycles. The number of carbonyl (C=O) groups excluding carboxylic acids is 1. The van der Waals surface area contributed by atoms with E-state index in [0.29, 0.717) is 18.8 Å². The molecule has 2 rings (SSSR count). The Bertz CT molecular complexity index is 498. The molecule has 0 saturated carbocycles. The number of carbonyl (C=O) groups is 1. The Balaban J connectivity index is 1.76. The summed E-state index contributed by atoms with van der Waals surface area (Å²) < 4.78 is 28.5. The van der Waals surface area contributed by atoms with E-state index in [1.54, 1.807) is 12.1 Å². The van der Waals surface area contributed by atoms with E-state index in [4.69, 9.17) is 5.73 Å². The van der Waals surface area contributed by atoms with Gasteiger partial charge in [-0.25, -0.2) is 0 Å². The van der Waals surface area contributed by atoms with Gasteiger partial charge in [0.1, 0.15) is 5.75 Å². The van der Waals surface area contributed by atoms with Crippen LogP contribution in [0.1, 0.15) is 31.7 Å². The molecular weight excluding hydrogens is 302 g/mol. The molecule has 2 N–H and O–H groups in total. The Morgan fingerprint density at radius 1 is 1.30 bits per heavy atom. The van der Waals surface area contributed by atoms with E-state index in [1.165, 1.54) is 12.1 Å². The molecule has 0 aliphatic carbocycles. The minimum atomic E-state index is -2.82. The minimum Gasteiger partial charge on any atom is -0.435 e. The lowest BCUT2D eigenvalue weighted by molar-refractivity contribution is -0.132. The summed E-state index contributed by atoms with van der Waals surface area (Å²) in [5.74, 6) is 0.774. The van der Waals surface area contributed by atoms with E-state index in [1.807, 2.05) is 11.8 Å². The lowest BCUT2D eigenvalue weighted by Crippen LogP contribution is -2.42. The first-order valence-electron chi connectivity index (χ1n) is 8.03. The summed E-state index contributed by atoms with van der Waals surface area (Å²) in [6.45, 7) is 0.740. The van der Waals surface area contributed by atoms with E-state index < -0.39 is 6.61 Å². The number of halogens is 2. The molecule has 1 saturated heterocycles. The quantitative estimate of drug-likeness (QED) is 0.874. The highest BCUT2D eigenvalue weighted by Gasteiger charge is 2.24. The fourth-order valence-electron chi connectivity index (χ4n) is 2.92. The van der Waals surface area contributed by atoms with Crippen LogP contribution in [0, 0.1) is 5.92 Å². The van der Waals surface area contributed by atoms with Gasteiger partial charge in [-0.2, -0.15) is 8.78 Å². The Labute approximate surface area is 135 Å². The summed E-state index contributed by atoms with van der Waals surface area (Å²) >= 11 is 0. The molecule has 4 nitrogen and oxygen atoms in total. The van der Waals surface area contributed by atoms with Crippen LogP contribution in [0.25, 0.3) is 0 Å². The SMILES string of the molecule is CC(N)C1CCN(C(=O)CCc2ccc(OC(F)F)cc2)CC1. The number of piperidine rings is 1. The summed E-state index contributed by atoms with van der Waals surface area (Å²) in [6.07, 6.45) is 2.95. The number of benzene rings is 1. The Morgan fingerprint density at radius 3 is 2.43 bits per heavy atom. The van der Waals surface area contributed by atoms with E-state index in [0.717, 1.165) is 31.5 Å². The van der Waals surface area contributed by atoms with Crippen molar-refractivity contribution < 1.29 is 18.3 Å². The van der Waals surface area contributed by atoms with E-state index in [2.05, 4.69) is 4.74 Å². The lowest BCUT2D eigenvalue weighted by Gasteiger charge is -2.33. The highest BCUT2D eigenvalue weighted by molar-refractivity contribution is 5.76. The topological polar surface area (TPSA) is 55.6 Å². The van der Waals surface area contributed by atoms with Crippen molar-refractivity contribution in [3.8, 4) is 5.75 Å². The molecule has 23 heavy (non-hydrogen) atoms. The number of aryl methyl sites for hydroxylation is 1. The third-order valence-corrected chi connectivity index (χ3v) is 4.41. The number of nitrogens with two attached hydrogens (primary N) is 1. The third-order valence-electron chi connectivity index (χ3n) is 4.41. The van der Waals surface area contributed by atoms with Crippen molar-refractivity contribution in [1.29, 1.82) is 0 Å². The zero-order chi connectivity index (χ0) is 16.8. The van der Waals surface area contributed by atoms with Crippen LogP contribution in [0.4, 0.5) is 8.78 Å². The van der Waals surface area contributed by atoms with Gasteiger partial charge in [0, 0.05) is 25.6 Å². The molecule has 128 valence electrons. The van der Waals surface area contributed by atoms with Gasteiger partial charge in [0.25, 0.3) is 0 Å². The number of hydrogen-bond acceptors (Lipinski definition) is 3. The third kappa shape index (κ3) is 5.46. The highest BCUT2D eigenvalue weighted by atomic mass is 19.3. The second kappa shape index (κ2) is 8.24. The van der Waals surface area contributed by atoms with Crippen LogP contribution in [0.3, 0.4) is 0 Å². The Kier molecular flexibility index (Phi) is 6.33. The van der Waals surface area contributed by atoms with Crippen molar-refractivity contribution in [2.24, 2.45) is 11.7 Å². The molecule has 0 aromatic heterocycles. The first kappa shape index (κ1) is 17.7. The van der Waals surface area contributed by atoms with Crippen LogP contribution in [-0.2, 0) is 11.2 Å². The van der Waals surface area contributed by atoms with Gasteiger partial charge >= 0.3 is 6.61 Å². The summed E-state index contributed by atoms with van der Waals surface area (Å²) in [5, 5.41) is 0. The number of alkyl halides is 2. The molecule has 6 heteroatoms. The number of amides is 1. The van der Waals surface area contributed by atoms with Gasteiger partial charge in [-0.1, -0.05) is 12.1 Å². The van der Waals surface area contributed by atoms with Crippen LogP contribution < -0.4 is 10.5 Å². The lowest BCUT2D eigenvalue weighted by atomic mass is 9.91. The Morgan fingerprint density at radius 2 is 1.91 bits per heavy atom. The van der Waals surface area contributed by atoms with Crippen LogP contribution in [-0.4, -0.2) is 36.5 Å². The fourth-order valence-corrected chi connectivity index (χ4v) is 2.92. The standard InChI is InChI=1S/C17H24F2N2O2/c1-12(20)14-8-10-21(11-9-14)16(22)7-4-13-2-5-15(6-3-13)23-17(18)19/h2-3,5-6,12,14,17H,4,7-11,20H2,1H3. The number of ether oxygens (including phenoxy) is 1. The zero-order valence-electron chi connectivity index (χ0n) is 13.4. The van der Waals surface area contributed by atoms with Crippen LogP contribution in [0.5, 0.6) is 5.75 Å². The van der Waals surface area contributed by atoms with Crippen molar-refractivity contribution >= 4 is 5.91 Å². The minimum absolute atomic E-state index is 0.132. The Hall–Kier alpha value is -1.69. The van der Waals surface area contributed by atoms with E-state index >= 15 is 0 Å². The van der Waals surface area contributed by atoms with Crippen LogP contribution in [0.15, 0.2) is 24.3 Å². The molecule has 1 fully saturated rings. The first-order chi connectivity index (χ1) is 11.0. The molecule has 1 aromatic rings. The summed E-state index contributed by atoms with van der Waals surface area (Å²) in [7, 11) is 0. The maximum Gasteiger partial charge on any atom is 0.387 e. The first-order valence-corrected chi connectivity index (χ1v) is 8.03. The highest BCUT2D eigenvalue weighted by Crippen LogP contribution is 2.21. The molecule has 1 aliphatic rings. The molecule has 1 heterocycles. The summed E-state index contributed by atoms with van der Waals surface area (Å²) in [5.41, 5.74) is 6.84. The molecule has 1 atom stereocenters. The number of hydrogen-bond donors (Lipinski definition) is 1. The molecule has 0 bridgehead atoms. The summed E-state index contributed by atoms with van der Waals surface area (Å²) in [4.78, 5) is 14.1. The van der Waals surface area contributed by atoms with Crippen LogP contribution in [0.2, 0.25) is 0 Å². The maximum absolute atomic E-state index is 12.2. The monoisotopic (exact) mass is 326 g/mol. The second-order valence-electron chi connectivity index (χ2n) is 6.10. The predicted octanol–water partition coefficient (Wildman–Crippen LogP) is 2.81. The number of nitrogens with zero attached hydrogens (tertiary/aromatic N) is 1. The second-order valence-corrected chi connectivity index (χ2v) is 6.10. The van der Waals surface area contributed by atoms with E-state index in [-0.39, 0.29) is 17.7 Å². The van der Waals surface area contributed by atoms with Gasteiger partial charge in [0.15, 0.2) is 0 Å². The molecule has 0 spiro atoms. The number of likely N-dealkylation sites (tertiary alicyclic amines) is 1. The smallest absolute Gasteiger partial charge is 0.387 e. The fraction of sp³-hybridized carbons (Fsp3) is 0.588. The zero-order valence-corrected chi connectivity index (χ0v) is 13.4. The van der Waals surface area contributed by atoms with Crippen molar-refractivity contribution in [3.63, 3.8) is 0 Å². The maximum atomic E-state index is 12.2. The van der Waals surface area contributed by atoms with Gasteiger partial charge in [-0.05, 0) is 49.8 Å². The van der Waals surface area contributed by atoms with Gasteiger partial charge in [0.2, 0.25) is 5.91 Å². The molecule has 1 amide bonds. The van der Waals surface area contributed by atoms with Crippen molar-refractivity contribution in [1.82, 2.24) is 4.90 Å². The van der Waals surface area contributed by atoms with Gasteiger partial charge in [-0.3, -0.25) is 4.79 Å². The largest absolute Gasteiger partial charge is 0.435 e. The van der Waals surface area contributed by atoms with Gasteiger partial charge in [-0.15, -0.1) is 0 Å². The predicted molar refractivity (Wildman–Crippen MR) is 84.3 cm³/mol. The molecule has 0 radical (unpaired) electrons. The number of rotatable bonds is 6. The van der Waals surface area contributed by atoms with Crippen molar-refractivity contribution in [3.05, 3.63) is 29.8 Å². The van der Waals surface area contributed by atoms with Crippen LogP contribution >= 0.6 is 0 Å². The van der Waals surface area contributed by atoms with E-state index in [9.17, 15) is 13.6 Å². The van der Waals surface area contributed by atoms with Gasteiger partial charge < -0.3 is 15.4 Å². The van der Waals surface area contributed by atoms with Gasteiger partial charge in [0.05, 0.1) is 0 Å². The normalized spacial score (nSPS) is 17.3. The summed E-state index contributed by atoms with van der Waals surface area (Å²) in [6, 6.07) is 6.61. The molecule has 1 unspecified atom stereocenters. The average molecular weight is 326 g/mol. The average Bonchev–Trinajstić information content (AvgIpc) is 2.53. The molecule has 1 aromatic carbocycles. The van der Waals surface area contributed by atoms with Crippen molar-refractivity contribution in [2.45, 2.75) is 45.3 Å².